The van der Waals surface area contributed by atoms with Crippen molar-refractivity contribution in [1.82, 2.24) is 0 Å². The number of aliphatic hydroxyl groups excluding tert-OH is 1. The molecule has 0 aliphatic heterocycles. The van der Waals surface area contributed by atoms with E-state index in [1.54, 1.807) is 0 Å². The van der Waals surface area contributed by atoms with Gasteiger partial charge in [-0.25, -0.2) is 0 Å². The Morgan fingerprint density at radius 2 is 0.786 bits per heavy atom. The molecule has 2 heteroatoms. The highest BCUT2D eigenvalue weighted by molar-refractivity contribution is 5.46. The van der Waals surface area contributed by atoms with Crippen LogP contribution in [0.4, 0.5) is 0 Å². The first-order chi connectivity index (χ1) is 13.4. The first-order valence-electron chi connectivity index (χ1n) is 9.94. The van der Waals surface area contributed by atoms with E-state index in [1.807, 2.05) is 119 Å². The van der Waals surface area contributed by atoms with Crippen molar-refractivity contribution < 1.29 is 10.2 Å². The van der Waals surface area contributed by atoms with Crippen LogP contribution in [0, 0.1) is 11.8 Å². The molecule has 3 aromatic carbocycles. The molecule has 0 saturated heterocycles. The first-order valence-corrected chi connectivity index (χ1v) is 9.94. The minimum Gasteiger partial charge on any atom is -0.393 e. The van der Waals surface area contributed by atoms with Crippen LogP contribution in [-0.2, 0) is 5.60 Å². The number of rotatable bonds is 5. The van der Waals surface area contributed by atoms with Crippen LogP contribution in [0.1, 0.15) is 44.4 Å². The number of aliphatic hydroxyl groups is 2. The standard InChI is InChI=1S/C19H16O.C7H16O/c20-19(16-10-4-1-5-11-16,17-12-6-2-7-13-17)18-14-8-3-9-15-18;1-5(2)7(8)6(3)4/h1-15,20H;5-8H,1-4H3. The van der Waals surface area contributed by atoms with Gasteiger partial charge in [-0.05, 0) is 28.5 Å². The lowest BCUT2D eigenvalue weighted by Crippen LogP contribution is -2.28. The Balaban J connectivity index is 0.000000300. The zero-order chi connectivity index (χ0) is 20.6. The van der Waals surface area contributed by atoms with Crippen LogP contribution in [0.25, 0.3) is 0 Å². The smallest absolute Gasteiger partial charge is 0.140 e. The molecule has 0 aliphatic carbocycles. The van der Waals surface area contributed by atoms with Gasteiger partial charge in [0, 0.05) is 0 Å². The second-order valence-corrected chi connectivity index (χ2v) is 7.79. The summed E-state index contributed by atoms with van der Waals surface area (Å²) >= 11 is 0. The molecule has 0 atom stereocenters. The fraction of sp³-hybridized carbons (Fsp3) is 0.308. The van der Waals surface area contributed by atoms with Gasteiger partial charge in [-0.15, -0.1) is 0 Å². The highest BCUT2D eigenvalue weighted by Gasteiger charge is 2.33. The molecule has 28 heavy (non-hydrogen) atoms. The molecule has 0 aromatic heterocycles. The van der Waals surface area contributed by atoms with Crippen LogP contribution < -0.4 is 0 Å². The Morgan fingerprint density at radius 3 is 0.964 bits per heavy atom. The van der Waals surface area contributed by atoms with Gasteiger partial charge in [0.15, 0.2) is 0 Å². The monoisotopic (exact) mass is 376 g/mol. The van der Waals surface area contributed by atoms with E-state index in [9.17, 15) is 10.2 Å². The maximum Gasteiger partial charge on any atom is 0.140 e. The highest BCUT2D eigenvalue weighted by atomic mass is 16.3. The minimum atomic E-state index is -1.12. The zero-order valence-electron chi connectivity index (χ0n) is 17.3. The van der Waals surface area contributed by atoms with Crippen molar-refractivity contribution in [2.75, 3.05) is 0 Å². The lowest BCUT2D eigenvalue weighted by atomic mass is 9.80. The van der Waals surface area contributed by atoms with Crippen LogP contribution in [-0.4, -0.2) is 16.3 Å². The second-order valence-electron chi connectivity index (χ2n) is 7.79. The summed E-state index contributed by atoms with van der Waals surface area (Å²) in [5.41, 5.74) is 1.50. The van der Waals surface area contributed by atoms with E-state index in [4.69, 9.17) is 0 Å². The average Bonchev–Trinajstić information content (AvgIpc) is 2.74. The molecular weight excluding hydrogens is 344 g/mol. The van der Waals surface area contributed by atoms with E-state index in [0.717, 1.165) is 16.7 Å². The lowest BCUT2D eigenvalue weighted by molar-refractivity contribution is 0.0801. The third-order valence-electron chi connectivity index (χ3n) is 4.94. The topological polar surface area (TPSA) is 40.5 Å². The van der Waals surface area contributed by atoms with E-state index in [0.29, 0.717) is 11.8 Å². The summed E-state index contributed by atoms with van der Waals surface area (Å²) in [5.74, 6) is 0.796. The lowest BCUT2D eigenvalue weighted by Gasteiger charge is -2.30. The number of hydrogen-bond donors (Lipinski definition) is 2. The number of benzene rings is 3. The summed E-state index contributed by atoms with van der Waals surface area (Å²) in [6.45, 7) is 8.13. The molecule has 0 amide bonds. The molecule has 3 rings (SSSR count). The van der Waals surface area contributed by atoms with Crippen molar-refractivity contribution in [3.63, 3.8) is 0 Å². The SMILES string of the molecule is CC(C)C(O)C(C)C.OC(c1ccccc1)(c1ccccc1)c1ccccc1. The highest BCUT2D eigenvalue weighted by Crippen LogP contribution is 2.36. The van der Waals surface area contributed by atoms with Gasteiger partial charge in [0.05, 0.1) is 6.10 Å². The third-order valence-corrected chi connectivity index (χ3v) is 4.94. The van der Waals surface area contributed by atoms with Crippen molar-refractivity contribution in [2.45, 2.75) is 39.4 Å². The summed E-state index contributed by atoms with van der Waals surface area (Å²) in [6.07, 6.45) is -0.130. The maximum atomic E-state index is 11.4. The van der Waals surface area contributed by atoms with Crippen molar-refractivity contribution in [2.24, 2.45) is 11.8 Å². The first kappa shape index (κ1) is 21.9. The Hall–Kier alpha value is -2.42. The van der Waals surface area contributed by atoms with Crippen LogP contribution in [0.15, 0.2) is 91.0 Å². The average molecular weight is 377 g/mol. The molecule has 148 valence electrons. The molecule has 0 aliphatic rings. The van der Waals surface area contributed by atoms with Gasteiger partial charge in [0.2, 0.25) is 0 Å². The molecule has 2 nitrogen and oxygen atoms in total. The van der Waals surface area contributed by atoms with E-state index in [2.05, 4.69) is 0 Å². The Labute approximate surface area is 169 Å². The summed E-state index contributed by atoms with van der Waals surface area (Å²) < 4.78 is 0. The summed E-state index contributed by atoms with van der Waals surface area (Å²) in [5, 5.41) is 20.6. The number of hydrogen-bond acceptors (Lipinski definition) is 2. The predicted octanol–water partition coefficient (Wildman–Crippen LogP) is 5.63. The van der Waals surface area contributed by atoms with Gasteiger partial charge in [-0.2, -0.15) is 0 Å². The Bertz CT molecular complexity index is 691. The fourth-order valence-electron chi connectivity index (χ4n) is 3.31. The van der Waals surface area contributed by atoms with E-state index < -0.39 is 5.60 Å². The van der Waals surface area contributed by atoms with Crippen molar-refractivity contribution in [1.29, 1.82) is 0 Å². The van der Waals surface area contributed by atoms with E-state index in [-0.39, 0.29) is 6.10 Å². The van der Waals surface area contributed by atoms with Crippen molar-refractivity contribution in [3.8, 4) is 0 Å². The molecule has 0 unspecified atom stereocenters. The molecule has 0 spiro atoms. The third kappa shape index (κ3) is 5.31. The Kier molecular flexibility index (Phi) is 7.98. The molecule has 0 radical (unpaired) electrons. The minimum absolute atomic E-state index is 0.130. The van der Waals surface area contributed by atoms with Gasteiger partial charge >= 0.3 is 0 Å². The molecule has 0 bridgehead atoms. The zero-order valence-corrected chi connectivity index (χ0v) is 17.3. The molecule has 2 N–H and O–H groups in total. The maximum absolute atomic E-state index is 11.4. The second kappa shape index (κ2) is 10.2. The normalized spacial score (nSPS) is 11.5. The molecule has 0 heterocycles. The summed E-state index contributed by atoms with van der Waals surface area (Å²) in [7, 11) is 0. The molecule has 0 fully saturated rings. The van der Waals surface area contributed by atoms with Crippen LogP contribution in [0.3, 0.4) is 0 Å². The van der Waals surface area contributed by atoms with Crippen LogP contribution >= 0.6 is 0 Å². The van der Waals surface area contributed by atoms with Gasteiger partial charge < -0.3 is 10.2 Å². The summed E-state index contributed by atoms with van der Waals surface area (Å²) in [4.78, 5) is 0. The predicted molar refractivity (Wildman–Crippen MR) is 117 cm³/mol. The quantitative estimate of drug-likeness (QED) is 0.567. The van der Waals surface area contributed by atoms with Crippen LogP contribution in [0.2, 0.25) is 0 Å². The molecule has 0 saturated carbocycles. The van der Waals surface area contributed by atoms with Crippen LogP contribution in [0.5, 0.6) is 0 Å². The van der Waals surface area contributed by atoms with Crippen molar-refractivity contribution >= 4 is 0 Å². The van der Waals surface area contributed by atoms with Gasteiger partial charge in [0.25, 0.3) is 0 Å². The van der Waals surface area contributed by atoms with Gasteiger partial charge in [-0.3, -0.25) is 0 Å². The summed E-state index contributed by atoms with van der Waals surface area (Å²) in [6, 6.07) is 29.3. The Morgan fingerprint density at radius 1 is 0.536 bits per heavy atom. The van der Waals surface area contributed by atoms with Gasteiger partial charge in [0.1, 0.15) is 5.60 Å². The fourth-order valence-corrected chi connectivity index (χ4v) is 3.31. The van der Waals surface area contributed by atoms with Gasteiger partial charge in [-0.1, -0.05) is 119 Å². The van der Waals surface area contributed by atoms with Crippen molar-refractivity contribution in [3.05, 3.63) is 108 Å². The van der Waals surface area contributed by atoms with E-state index >= 15 is 0 Å². The van der Waals surface area contributed by atoms with E-state index in [1.165, 1.54) is 0 Å². The molecule has 3 aromatic rings. The molecular formula is C26H32O2. The largest absolute Gasteiger partial charge is 0.393 e.